The number of anilines is 2. The maximum Gasteiger partial charge on any atom is 0.134 e. The average molecular weight is 245 g/mol. The van der Waals surface area contributed by atoms with Gasteiger partial charge in [0.25, 0.3) is 0 Å². The summed E-state index contributed by atoms with van der Waals surface area (Å²) in [6, 6.07) is 4.06. The van der Waals surface area contributed by atoms with Crippen LogP contribution in [0.1, 0.15) is 19.3 Å². The summed E-state index contributed by atoms with van der Waals surface area (Å²) >= 11 is 0. The quantitative estimate of drug-likeness (QED) is 0.739. The Morgan fingerprint density at radius 1 is 1.28 bits per heavy atom. The molecule has 96 valence electrons. The zero-order valence-corrected chi connectivity index (χ0v) is 11.0. The lowest BCUT2D eigenvalue weighted by Gasteiger charge is -2.30. The van der Waals surface area contributed by atoms with E-state index in [-0.39, 0.29) is 0 Å². The third-order valence-electron chi connectivity index (χ3n) is 3.49. The molecule has 5 nitrogen and oxygen atoms in total. The van der Waals surface area contributed by atoms with E-state index in [1.807, 2.05) is 18.0 Å². The molecule has 0 saturated heterocycles. The summed E-state index contributed by atoms with van der Waals surface area (Å²) in [5, 5.41) is 8.69. The van der Waals surface area contributed by atoms with E-state index in [0.717, 1.165) is 24.1 Å². The first-order valence-electron chi connectivity index (χ1n) is 6.32. The predicted octanol–water partition coefficient (Wildman–Crippen LogP) is 1.67. The maximum absolute atomic E-state index is 8.69. The highest BCUT2D eigenvalue weighted by atomic mass is 15.2. The first kappa shape index (κ1) is 12.6. The second-order valence-electron chi connectivity index (χ2n) is 4.93. The van der Waals surface area contributed by atoms with Gasteiger partial charge >= 0.3 is 0 Å². The molecule has 0 radical (unpaired) electrons. The standard InChI is InChI=1S/C13H19N5/c1-17(7-6-14)12-8-13(16-10-15-12)18(2)9-11-4-3-5-11/h8,10-11H,3-5,7,9H2,1-2H3. The third kappa shape index (κ3) is 2.89. The van der Waals surface area contributed by atoms with Gasteiger partial charge in [0, 0.05) is 26.7 Å². The van der Waals surface area contributed by atoms with Crippen LogP contribution in [0.4, 0.5) is 11.6 Å². The summed E-state index contributed by atoms with van der Waals surface area (Å²) in [5.41, 5.74) is 0. The zero-order chi connectivity index (χ0) is 13.0. The van der Waals surface area contributed by atoms with Crippen LogP contribution in [0.5, 0.6) is 0 Å². The van der Waals surface area contributed by atoms with Crippen LogP contribution in [0.2, 0.25) is 0 Å². The number of nitriles is 1. The summed E-state index contributed by atoms with van der Waals surface area (Å²) in [5.74, 6) is 2.53. The molecule has 0 aromatic carbocycles. The normalized spacial score (nSPS) is 14.7. The molecule has 0 amide bonds. The average Bonchev–Trinajstić information content (AvgIpc) is 2.34. The van der Waals surface area contributed by atoms with Gasteiger partial charge in [-0.05, 0) is 18.8 Å². The van der Waals surface area contributed by atoms with Crippen LogP contribution >= 0.6 is 0 Å². The van der Waals surface area contributed by atoms with Crippen molar-refractivity contribution in [1.29, 1.82) is 5.26 Å². The molecule has 1 heterocycles. The number of hydrogen-bond donors (Lipinski definition) is 0. The Kier molecular flexibility index (Phi) is 3.98. The molecule has 1 aromatic heterocycles. The molecule has 0 spiro atoms. The van der Waals surface area contributed by atoms with Crippen molar-refractivity contribution < 1.29 is 0 Å². The molecule has 0 atom stereocenters. The van der Waals surface area contributed by atoms with E-state index in [9.17, 15) is 0 Å². The van der Waals surface area contributed by atoms with Crippen LogP contribution in [0, 0.1) is 17.2 Å². The highest BCUT2D eigenvalue weighted by molar-refractivity contribution is 5.49. The number of hydrogen-bond acceptors (Lipinski definition) is 5. The second kappa shape index (κ2) is 5.67. The van der Waals surface area contributed by atoms with Crippen molar-refractivity contribution in [1.82, 2.24) is 9.97 Å². The van der Waals surface area contributed by atoms with E-state index < -0.39 is 0 Å². The third-order valence-corrected chi connectivity index (χ3v) is 3.49. The van der Waals surface area contributed by atoms with Gasteiger partial charge in [0.2, 0.25) is 0 Å². The Balaban J connectivity index is 2.03. The monoisotopic (exact) mass is 245 g/mol. The topological polar surface area (TPSA) is 56.1 Å². The van der Waals surface area contributed by atoms with Gasteiger partial charge in [0.1, 0.15) is 24.5 Å². The van der Waals surface area contributed by atoms with Crippen molar-refractivity contribution in [3.05, 3.63) is 12.4 Å². The number of nitrogens with zero attached hydrogens (tertiary/aromatic N) is 5. The van der Waals surface area contributed by atoms with Crippen molar-refractivity contribution in [2.45, 2.75) is 19.3 Å². The summed E-state index contributed by atoms with van der Waals surface area (Å²) in [6.45, 7) is 1.39. The van der Waals surface area contributed by atoms with E-state index in [4.69, 9.17) is 5.26 Å². The summed E-state index contributed by atoms with van der Waals surface area (Å²) in [6.07, 6.45) is 5.58. The molecule has 1 saturated carbocycles. The lowest BCUT2D eigenvalue weighted by molar-refractivity contribution is 0.321. The fourth-order valence-corrected chi connectivity index (χ4v) is 2.10. The van der Waals surface area contributed by atoms with Gasteiger partial charge in [0.15, 0.2) is 0 Å². The Hall–Kier alpha value is -1.83. The molecular formula is C13H19N5. The molecule has 1 aromatic rings. The summed E-state index contributed by atoms with van der Waals surface area (Å²) < 4.78 is 0. The maximum atomic E-state index is 8.69. The highest BCUT2D eigenvalue weighted by Gasteiger charge is 2.20. The fraction of sp³-hybridized carbons (Fsp3) is 0.615. The van der Waals surface area contributed by atoms with Crippen molar-refractivity contribution in [2.75, 3.05) is 37.0 Å². The molecule has 2 rings (SSSR count). The van der Waals surface area contributed by atoms with Crippen molar-refractivity contribution >= 4 is 11.6 Å². The Morgan fingerprint density at radius 2 is 1.94 bits per heavy atom. The van der Waals surface area contributed by atoms with Crippen LogP contribution in [0.15, 0.2) is 12.4 Å². The van der Waals surface area contributed by atoms with Crippen molar-refractivity contribution in [2.24, 2.45) is 5.92 Å². The minimum Gasteiger partial charge on any atom is -0.359 e. The first-order chi connectivity index (χ1) is 8.70. The van der Waals surface area contributed by atoms with E-state index in [1.165, 1.54) is 19.3 Å². The van der Waals surface area contributed by atoms with Gasteiger partial charge in [-0.3, -0.25) is 0 Å². The van der Waals surface area contributed by atoms with Gasteiger partial charge in [-0.15, -0.1) is 0 Å². The number of rotatable bonds is 5. The molecule has 0 bridgehead atoms. The molecule has 1 fully saturated rings. The molecule has 5 heteroatoms. The summed E-state index contributed by atoms with van der Waals surface area (Å²) in [4.78, 5) is 12.5. The van der Waals surface area contributed by atoms with Gasteiger partial charge in [-0.25, -0.2) is 9.97 Å². The largest absolute Gasteiger partial charge is 0.359 e. The second-order valence-corrected chi connectivity index (χ2v) is 4.93. The molecule has 0 unspecified atom stereocenters. The van der Waals surface area contributed by atoms with E-state index in [2.05, 4.69) is 28.0 Å². The van der Waals surface area contributed by atoms with E-state index in [1.54, 1.807) is 6.33 Å². The van der Waals surface area contributed by atoms with E-state index >= 15 is 0 Å². The molecule has 0 aliphatic heterocycles. The molecule has 1 aliphatic rings. The first-order valence-corrected chi connectivity index (χ1v) is 6.32. The van der Waals surface area contributed by atoms with Crippen molar-refractivity contribution in [3.63, 3.8) is 0 Å². The molecular weight excluding hydrogens is 226 g/mol. The molecule has 1 aliphatic carbocycles. The van der Waals surface area contributed by atoms with E-state index in [0.29, 0.717) is 6.54 Å². The fourth-order valence-electron chi connectivity index (χ4n) is 2.10. The molecule has 0 N–H and O–H groups in total. The summed E-state index contributed by atoms with van der Waals surface area (Å²) in [7, 11) is 3.93. The highest BCUT2D eigenvalue weighted by Crippen LogP contribution is 2.28. The minimum atomic E-state index is 0.336. The predicted molar refractivity (Wildman–Crippen MR) is 71.5 cm³/mol. The van der Waals surface area contributed by atoms with Crippen LogP contribution in [-0.4, -0.2) is 37.2 Å². The number of aromatic nitrogens is 2. The van der Waals surface area contributed by atoms with Gasteiger partial charge in [-0.2, -0.15) is 5.26 Å². The Morgan fingerprint density at radius 3 is 2.50 bits per heavy atom. The SMILES string of the molecule is CN(CC#N)c1cc(N(C)CC2CCC2)ncn1. The van der Waals surface area contributed by atoms with Gasteiger partial charge in [0.05, 0.1) is 6.07 Å². The Bertz CT molecular complexity index is 435. The Labute approximate surface area is 108 Å². The van der Waals surface area contributed by atoms with Crippen molar-refractivity contribution in [3.8, 4) is 6.07 Å². The van der Waals surface area contributed by atoms with Gasteiger partial charge in [-0.1, -0.05) is 6.42 Å². The lowest BCUT2D eigenvalue weighted by Crippen LogP contribution is -2.30. The minimum absolute atomic E-state index is 0.336. The molecule has 18 heavy (non-hydrogen) atoms. The van der Waals surface area contributed by atoms with Crippen LogP contribution in [0.3, 0.4) is 0 Å². The lowest BCUT2D eigenvalue weighted by atomic mass is 9.85. The van der Waals surface area contributed by atoms with Crippen LogP contribution in [0.25, 0.3) is 0 Å². The smallest absolute Gasteiger partial charge is 0.134 e. The van der Waals surface area contributed by atoms with Gasteiger partial charge < -0.3 is 9.80 Å². The zero-order valence-electron chi connectivity index (χ0n) is 11.0. The van der Waals surface area contributed by atoms with Crippen LogP contribution in [-0.2, 0) is 0 Å². The van der Waals surface area contributed by atoms with Crippen LogP contribution < -0.4 is 9.80 Å².